The molecule has 4 nitrogen and oxygen atoms in total. The lowest BCUT2D eigenvalue weighted by Gasteiger charge is -2.18. The second-order valence-electron chi connectivity index (χ2n) is 4.82. The van der Waals surface area contributed by atoms with Gasteiger partial charge in [-0.15, -0.1) is 0 Å². The van der Waals surface area contributed by atoms with Gasteiger partial charge in [0.15, 0.2) is 0 Å². The highest BCUT2D eigenvalue weighted by Gasteiger charge is 2.29. The molecule has 0 unspecified atom stereocenters. The van der Waals surface area contributed by atoms with Gasteiger partial charge in [-0.05, 0) is 51.0 Å². The van der Waals surface area contributed by atoms with Crippen molar-refractivity contribution in [2.75, 3.05) is 18.4 Å². The molecule has 102 valence electrons. The Kier molecular flexibility index (Phi) is 4.20. The molecular formula is C15H20N2O2. The van der Waals surface area contributed by atoms with Crippen LogP contribution in [-0.2, 0) is 4.79 Å². The van der Waals surface area contributed by atoms with Gasteiger partial charge < -0.3 is 10.2 Å². The van der Waals surface area contributed by atoms with Crippen LogP contribution in [-0.4, -0.2) is 29.8 Å². The summed E-state index contributed by atoms with van der Waals surface area (Å²) in [6.45, 7) is 5.34. The van der Waals surface area contributed by atoms with Gasteiger partial charge in [0, 0.05) is 30.3 Å². The van der Waals surface area contributed by atoms with Crippen LogP contribution in [0, 0.1) is 5.92 Å². The summed E-state index contributed by atoms with van der Waals surface area (Å²) in [5.74, 6) is 0.310. The van der Waals surface area contributed by atoms with E-state index in [2.05, 4.69) is 5.32 Å². The molecule has 2 amide bonds. The van der Waals surface area contributed by atoms with Crippen molar-refractivity contribution in [2.24, 2.45) is 5.92 Å². The highest BCUT2D eigenvalue weighted by Crippen LogP contribution is 2.30. The first-order valence-electron chi connectivity index (χ1n) is 6.86. The minimum absolute atomic E-state index is 0.0325. The van der Waals surface area contributed by atoms with Crippen LogP contribution in [0.15, 0.2) is 24.3 Å². The number of hydrogen-bond acceptors (Lipinski definition) is 2. The van der Waals surface area contributed by atoms with E-state index in [9.17, 15) is 9.59 Å². The van der Waals surface area contributed by atoms with Crippen LogP contribution in [0.5, 0.6) is 0 Å². The first-order valence-corrected chi connectivity index (χ1v) is 6.86. The summed E-state index contributed by atoms with van der Waals surface area (Å²) in [6.07, 6.45) is 1.98. The number of nitrogens with zero attached hydrogens (tertiary/aromatic N) is 1. The van der Waals surface area contributed by atoms with Crippen molar-refractivity contribution in [3.8, 4) is 0 Å². The highest BCUT2D eigenvalue weighted by molar-refractivity contribution is 5.96. The van der Waals surface area contributed by atoms with Crippen molar-refractivity contribution in [1.82, 2.24) is 4.90 Å². The second-order valence-corrected chi connectivity index (χ2v) is 4.82. The lowest BCUT2D eigenvalue weighted by molar-refractivity contribution is -0.117. The van der Waals surface area contributed by atoms with E-state index in [1.807, 2.05) is 13.8 Å². The number of rotatable bonds is 5. The monoisotopic (exact) mass is 260 g/mol. The summed E-state index contributed by atoms with van der Waals surface area (Å²) in [5.41, 5.74) is 1.42. The normalized spacial score (nSPS) is 14.0. The van der Waals surface area contributed by atoms with Gasteiger partial charge in [0.1, 0.15) is 0 Å². The zero-order valence-corrected chi connectivity index (χ0v) is 11.5. The number of carbonyl (C=O) groups excluding carboxylic acids is 2. The average molecular weight is 260 g/mol. The smallest absolute Gasteiger partial charge is 0.253 e. The molecule has 1 aromatic rings. The standard InChI is InChI=1S/C15H20N2O2/c1-3-17(4-2)15(19)12-7-9-13(10-8-12)16-14(18)11-5-6-11/h7-11H,3-6H2,1-2H3,(H,16,18). The third-order valence-electron chi connectivity index (χ3n) is 3.40. The summed E-state index contributed by atoms with van der Waals surface area (Å²) in [7, 11) is 0. The number of carbonyl (C=O) groups is 2. The summed E-state index contributed by atoms with van der Waals surface area (Å²) in [5, 5.41) is 2.86. The van der Waals surface area contributed by atoms with E-state index in [0.29, 0.717) is 18.7 Å². The van der Waals surface area contributed by atoms with Crippen molar-refractivity contribution in [3.05, 3.63) is 29.8 Å². The number of nitrogens with one attached hydrogen (secondary N) is 1. The van der Waals surface area contributed by atoms with Gasteiger partial charge in [0.2, 0.25) is 5.91 Å². The summed E-state index contributed by atoms with van der Waals surface area (Å²) in [4.78, 5) is 25.5. The molecular weight excluding hydrogens is 240 g/mol. The van der Waals surface area contributed by atoms with Crippen LogP contribution in [0.2, 0.25) is 0 Å². The molecule has 0 bridgehead atoms. The Hall–Kier alpha value is -1.84. The van der Waals surface area contributed by atoms with E-state index in [4.69, 9.17) is 0 Å². The van der Waals surface area contributed by atoms with E-state index in [1.54, 1.807) is 29.2 Å². The molecule has 0 saturated heterocycles. The fraction of sp³-hybridized carbons (Fsp3) is 0.467. The lowest BCUT2D eigenvalue weighted by atomic mass is 10.1. The van der Waals surface area contributed by atoms with Gasteiger partial charge >= 0.3 is 0 Å². The van der Waals surface area contributed by atoms with Crippen LogP contribution in [0.3, 0.4) is 0 Å². The Morgan fingerprint density at radius 3 is 2.21 bits per heavy atom. The molecule has 0 radical (unpaired) electrons. The maximum absolute atomic E-state index is 12.1. The fourth-order valence-corrected chi connectivity index (χ4v) is 1.98. The van der Waals surface area contributed by atoms with Crippen LogP contribution in [0.1, 0.15) is 37.0 Å². The quantitative estimate of drug-likeness (QED) is 0.884. The molecule has 0 aromatic heterocycles. The molecule has 2 rings (SSSR count). The number of anilines is 1. The second kappa shape index (κ2) is 5.87. The molecule has 1 aliphatic rings. The van der Waals surface area contributed by atoms with Gasteiger partial charge in [-0.3, -0.25) is 9.59 Å². The molecule has 0 aliphatic heterocycles. The summed E-state index contributed by atoms with van der Waals surface area (Å²) in [6, 6.07) is 7.11. The molecule has 0 atom stereocenters. The van der Waals surface area contributed by atoms with Gasteiger partial charge in [-0.2, -0.15) is 0 Å². The Morgan fingerprint density at radius 1 is 1.16 bits per heavy atom. The van der Waals surface area contributed by atoms with Gasteiger partial charge in [-0.1, -0.05) is 0 Å². The molecule has 1 fully saturated rings. The van der Waals surface area contributed by atoms with Crippen molar-refractivity contribution in [1.29, 1.82) is 0 Å². The predicted octanol–water partition coefficient (Wildman–Crippen LogP) is 2.52. The molecule has 1 saturated carbocycles. The summed E-state index contributed by atoms with van der Waals surface area (Å²) >= 11 is 0. The van der Waals surface area contributed by atoms with Crippen molar-refractivity contribution >= 4 is 17.5 Å². The van der Waals surface area contributed by atoms with Gasteiger partial charge in [-0.25, -0.2) is 0 Å². The SMILES string of the molecule is CCN(CC)C(=O)c1ccc(NC(=O)C2CC2)cc1. The van der Waals surface area contributed by atoms with Crippen molar-refractivity contribution < 1.29 is 9.59 Å². The van der Waals surface area contributed by atoms with Crippen molar-refractivity contribution in [2.45, 2.75) is 26.7 Å². The number of hydrogen-bond donors (Lipinski definition) is 1. The minimum Gasteiger partial charge on any atom is -0.339 e. The van der Waals surface area contributed by atoms with E-state index in [0.717, 1.165) is 18.5 Å². The van der Waals surface area contributed by atoms with Crippen LogP contribution >= 0.6 is 0 Å². The third-order valence-corrected chi connectivity index (χ3v) is 3.40. The number of amides is 2. The largest absolute Gasteiger partial charge is 0.339 e. The highest BCUT2D eigenvalue weighted by atomic mass is 16.2. The van der Waals surface area contributed by atoms with Gasteiger partial charge in [0.05, 0.1) is 0 Å². The lowest BCUT2D eigenvalue weighted by Crippen LogP contribution is -2.30. The Bertz CT molecular complexity index is 460. The molecule has 1 aromatic carbocycles. The molecule has 1 aliphatic carbocycles. The maximum atomic E-state index is 12.1. The minimum atomic E-state index is 0.0325. The average Bonchev–Trinajstić information content (AvgIpc) is 3.25. The zero-order valence-electron chi connectivity index (χ0n) is 11.5. The predicted molar refractivity (Wildman–Crippen MR) is 75.0 cm³/mol. The molecule has 0 spiro atoms. The fourth-order valence-electron chi connectivity index (χ4n) is 1.98. The zero-order chi connectivity index (χ0) is 13.8. The molecule has 0 heterocycles. The molecule has 1 N–H and O–H groups in total. The summed E-state index contributed by atoms with van der Waals surface area (Å²) < 4.78 is 0. The van der Waals surface area contributed by atoms with E-state index < -0.39 is 0 Å². The molecule has 4 heteroatoms. The van der Waals surface area contributed by atoms with Crippen LogP contribution in [0.4, 0.5) is 5.69 Å². The van der Waals surface area contributed by atoms with E-state index in [-0.39, 0.29) is 17.7 Å². The maximum Gasteiger partial charge on any atom is 0.253 e. The van der Waals surface area contributed by atoms with E-state index >= 15 is 0 Å². The third kappa shape index (κ3) is 3.34. The van der Waals surface area contributed by atoms with Crippen LogP contribution < -0.4 is 5.32 Å². The van der Waals surface area contributed by atoms with Crippen molar-refractivity contribution in [3.63, 3.8) is 0 Å². The van der Waals surface area contributed by atoms with Crippen LogP contribution in [0.25, 0.3) is 0 Å². The first-order chi connectivity index (χ1) is 9.15. The Balaban J connectivity index is 2.01. The van der Waals surface area contributed by atoms with Gasteiger partial charge in [0.25, 0.3) is 5.91 Å². The van der Waals surface area contributed by atoms with E-state index in [1.165, 1.54) is 0 Å². The Labute approximate surface area is 113 Å². The first kappa shape index (κ1) is 13.6. The Morgan fingerprint density at radius 2 is 1.74 bits per heavy atom. The topological polar surface area (TPSA) is 49.4 Å². The number of benzene rings is 1. The molecule has 19 heavy (non-hydrogen) atoms.